The van der Waals surface area contributed by atoms with Crippen LogP contribution in [0.2, 0.25) is 0 Å². The minimum absolute atomic E-state index is 0.00972. The highest BCUT2D eigenvalue weighted by molar-refractivity contribution is 5.99. The van der Waals surface area contributed by atoms with Gasteiger partial charge in [0.25, 0.3) is 5.91 Å². The van der Waals surface area contributed by atoms with Gasteiger partial charge in [-0.25, -0.2) is 0 Å². The number of likely N-dealkylation sites (N-methyl/N-ethyl adjacent to an activating group) is 1. The first-order valence-electron chi connectivity index (χ1n) is 5.44. The van der Waals surface area contributed by atoms with Gasteiger partial charge >= 0.3 is 0 Å². The molecule has 1 aliphatic rings. The van der Waals surface area contributed by atoms with Crippen LogP contribution in [0.25, 0.3) is 0 Å². The molecule has 0 saturated heterocycles. The molecule has 16 heavy (non-hydrogen) atoms. The number of nitrogens with zero attached hydrogens (tertiary/aromatic N) is 1. The van der Waals surface area contributed by atoms with Gasteiger partial charge in [0.05, 0.1) is 5.69 Å². The first-order chi connectivity index (χ1) is 7.67. The molecule has 4 heteroatoms. The van der Waals surface area contributed by atoms with Gasteiger partial charge in [-0.05, 0) is 24.1 Å². The molecule has 0 aliphatic carbocycles. The van der Waals surface area contributed by atoms with Crippen LogP contribution in [0.5, 0.6) is 5.75 Å². The van der Waals surface area contributed by atoms with E-state index in [0.717, 1.165) is 17.0 Å². The zero-order valence-electron chi connectivity index (χ0n) is 9.56. The third-order valence-electron chi connectivity index (χ3n) is 2.87. The van der Waals surface area contributed by atoms with Crippen LogP contribution in [0, 0.1) is 0 Å². The second kappa shape index (κ2) is 4.14. The van der Waals surface area contributed by atoms with E-state index < -0.39 is 0 Å². The number of hydrogen-bond acceptors (Lipinski definition) is 3. The molecule has 0 fully saturated rings. The number of carbonyl (C=O) groups is 1. The standard InChI is InChI=1S/C12H16N2O2/c1-3-10-12(15)14(2)9-5-4-8(7-13)6-11(9)16-10/h4-6,10H,3,7,13H2,1-2H3. The van der Waals surface area contributed by atoms with Crippen LogP contribution < -0.4 is 15.4 Å². The summed E-state index contributed by atoms with van der Waals surface area (Å²) in [7, 11) is 1.77. The summed E-state index contributed by atoms with van der Waals surface area (Å²) in [6, 6.07) is 5.69. The van der Waals surface area contributed by atoms with Gasteiger partial charge in [0.2, 0.25) is 0 Å². The lowest BCUT2D eigenvalue weighted by molar-refractivity contribution is -0.126. The van der Waals surface area contributed by atoms with Gasteiger partial charge in [0, 0.05) is 13.6 Å². The van der Waals surface area contributed by atoms with Crippen LogP contribution >= 0.6 is 0 Å². The molecule has 1 unspecified atom stereocenters. The van der Waals surface area contributed by atoms with Crippen LogP contribution in [0.3, 0.4) is 0 Å². The number of rotatable bonds is 2. The SMILES string of the molecule is CCC1Oc2cc(CN)ccc2N(C)C1=O. The fourth-order valence-electron chi connectivity index (χ4n) is 1.85. The summed E-state index contributed by atoms with van der Waals surface area (Å²) in [4.78, 5) is 13.5. The van der Waals surface area contributed by atoms with Crippen LogP contribution in [0.15, 0.2) is 18.2 Å². The Hall–Kier alpha value is -1.55. The van der Waals surface area contributed by atoms with Crippen molar-refractivity contribution >= 4 is 11.6 Å². The minimum Gasteiger partial charge on any atom is -0.478 e. The van der Waals surface area contributed by atoms with Gasteiger partial charge in [-0.2, -0.15) is 0 Å². The van der Waals surface area contributed by atoms with E-state index in [0.29, 0.717) is 13.0 Å². The lowest BCUT2D eigenvalue weighted by Crippen LogP contribution is -2.43. The van der Waals surface area contributed by atoms with E-state index in [4.69, 9.17) is 10.5 Å². The number of ether oxygens (including phenoxy) is 1. The second-order valence-corrected chi connectivity index (χ2v) is 3.92. The molecule has 2 rings (SSSR count). The zero-order valence-corrected chi connectivity index (χ0v) is 9.56. The predicted molar refractivity (Wildman–Crippen MR) is 62.5 cm³/mol. The number of amides is 1. The molecular formula is C12H16N2O2. The fourth-order valence-corrected chi connectivity index (χ4v) is 1.85. The van der Waals surface area contributed by atoms with Gasteiger partial charge in [-0.1, -0.05) is 13.0 Å². The van der Waals surface area contributed by atoms with Crippen LogP contribution in [-0.2, 0) is 11.3 Å². The first kappa shape index (κ1) is 11.0. The maximum absolute atomic E-state index is 11.8. The van der Waals surface area contributed by atoms with E-state index >= 15 is 0 Å². The van der Waals surface area contributed by atoms with E-state index in [1.165, 1.54) is 0 Å². The van der Waals surface area contributed by atoms with Crippen molar-refractivity contribution in [3.63, 3.8) is 0 Å². The maximum atomic E-state index is 11.8. The molecule has 2 N–H and O–H groups in total. The molecule has 0 radical (unpaired) electrons. The molecule has 1 aromatic carbocycles. The van der Waals surface area contributed by atoms with Crippen molar-refractivity contribution < 1.29 is 9.53 Å². The second-order valence-electron chi connectivity index (χ2n) is 3.92. The van der Waals surface area contributed by atoms with Gasteiger partial charge in [-0.3, -0.25) is 4.79 Å². The van der Waals surface area contributed by atoms with E-state index in [1.54, 1.807) is 11.9 Å². The summed E-state index contributed by atoms with van der Waals surface area (Å²) < 4.78 is 5.66. The van der Waals surface area contributed by atoms with E-state index in [2.05, 4.69) is 0 Å². The Morgan fingerprint density at radius 2 is 2.25 bits per heavy atom. The van der Waals surface area contributed by atoms with Crippen molar-refractivity contribution in [2.24, 2.45) is 5.73 Å². The lowest BCUT2D eigenvalue weighted by Gasteiger charge is -2.31. The van der Waals surface area contributed by atoms with Crippen molar-refractivity contribution in [3.05, 3.63) is 23.8 Å². The Balaban J connectivity index is 2.42. The average molecular weight is 220 g/mol. The summed E-state index contributed by atoms with van der Waals surface area (Å²) >= 11 is 0. The minimum atomic E-state index is -0.370. The molecule has 1 aromatic rings. The van der Waals surface area contributed by atoms with Gasteiger partial charge in [0.15, 0.2) is 6.10 Å². The van der Waals surface area contributed by atoms with Crippen LogP contribution in [-0.4, -0.2) is 19.1 Å². The van der Waals surface area contributed by atoms with E-state index in [1.807, 2.05) is 25.1 Å². The summed E-state index contributed by atoms with van der Waals surface area (Å²) in [6.07, 6.45) is 0.306. The summed E-state index contributed by atoms with van der Waals surface area (Å²) in [5.41, 5.74) is 7.40. The Morgan fingerprint density at radius 1 is 1.50 bits per heavy atom. The number of carbonyl (C=O) groups excluding carboxylic acids is 1. The highest BCUT2D eigenvalue weighted by Gasteiger charge is 2.30. The number of nitrogens with two attached hydrogens (primary N) is 1. The highest BCUT2D eigenvalue weighted by atomic mass is 16.5. The molecular weight excluding hydrogens is 204 g/mol. The molecule has 1 atom stereocenters. The number of anilines is 1. The Kier molecular flexibility index (Phi) is 2.83. The maximum Gasteiger partial charge on any atom is 0.267 e. The molecule has 0 aromatic heterocycles. The zero-order chi connectivity index (χ0) is 11.7. The third-order valence-corrected chi connectivity index (χ3v) is 2.87. The third kappa shape index (κ3) is 1.65. The fraction of sp³-hybridized carbons (Fsp3) is 0.417. The highest BCUT2D eigenvalue weighted by Crippen LogP contribution is 2.34. The Morgan fingerprint density at radius 3 is 2.88 bits per heavy atom. The summed E-state index contributed by atoms with van der Waals surface area (Å²) in [5.74, 6) is 0.757. The smallest absolute Gasteiger partial charge is 0.267 e. The number of hydrogen-bond donors (Lipinski definition) is 1. The van der Waals surface area contributed by atoms with E-state index in [9.17, 15) is 4.79 Å². The van der Waals surface area contributed by atoms with Gasteiger partial charge < -0.3 is 15.4 Å². The van der Waals surface area contributed by atoms with Crippen molar-refractivity contribution in [2.75, 3.05) is 11.9 Å². The van der Waals surface area contributed by atoms with Crippen molar-refractivity contribution in [2.45, 2.75) is 26.0 Å². The molecule has 4 nitrogen and oxygen atoms in total. The lowest BCUT2D eigenvalue weighted by atomic mass is 10.1. The van der Waals surface area contributed by atoms with Crippen molar-refractivity contribution in [1.29, 1.82) is 0 Å². The summed E-state index contributed by atoms with van der Waals surface area (Å²) in [5, 5.41) is 0. The topological polar surface area (TPSA) is 55.6 Å². The van der Waals surface area contributed by atoms with Gasteiger partial charge in [0.1, 0.15) is 5.75 Å². The summed E-state index contributed by atoms with van der Waals surface area (Å²) in [6.45, 7) is 2.42. The molecule has 1 amide bonds. The van der Waals surface area contributed by atoms with Crippen molar-refractivity contribution in [3.8, 4) is 5.75 Å². The monoisotopic (exact) mass is 220 g/mol. The predicted octanol–water partition coefficient (Wildman–Crippen LogP) is 1.28. The molecule has 1 aliphatic heterocycles. The van der Waals surface area contributed by atoms with Crippen LogP contribution in [0.4, 0.5) is 5.69 Å². The molecule has 0 saturated carbocycles. The molecule has 86 valence electrons. The Bertz CT molecular complexity index is 417. The normalized spacial score (nSPS) is 19.3. The molecule has 0 spiro atoms. The van der Waals surface area contributed by atoms with Gasteiger partial charge in [-0.15, -0.1) is 0 Å². The quantitative estimate of drug-likeness (QED) is 0.816. The average Bonchev–Trinajstić information content (AvgIpc) is 2.33. The van der Waals surface area contributed by atoms with Crippen LogP contribution in [0.1, 0.15) is 18.9 Å². The Labute approximate surface area is 95.0 Å². The van der Waals surface area contributed by atoms with E-state index in [-0.39, 0.29) is 12.0 Å². The number of fused-ring (bicyclic) bond motifs is 1. The largest absolute Gasteiger partial charge is 0.478 e. The molecule has 0 bridgehead atoms. The van der Waals surface area contributed by atoms with Crippen molar-refractivity contribution in [1.82, 2.24) is 0 Å². The molecule has 1 heterocycles. The first-order valence-corrected chi connectivity index (χ1v) is 5.44. The number of benzene rings is 1.